The third-order valence-corrected chi connectivity index (χ3v) is 3.86. The van der Waals surface area contributed by atoms with E-state index in [0.29, 0.717) is 18.8 Å². The molecule has 128 valence electrons. The lowest BCUT2D eigenvalue weighted by Gasteiger charge is -2.13. The highest BCUT2D eigenvalue weighted by Crippen LogP contribution is 2.23. The number of benzene rings is 1. The van der Waals surface area contributed by atoms with E-state index < -0.39 is 6.10 Å². The molecule has 3 N–H and O–H groups in total. The van der Waals surface area contributed by atoms with Gasteiger partial charge in [0.05, 0.1) is 11.8 Å². The first-order chi connectivity index (χ1) is 11.2. The van der Waals surface area contributed by atoms with Gasteiger partial charge in [-0.1, -0.05) is 12.1 Å². The Kier molecular flexibility index (Phi) is 6.25. The lowest BCUT2D eigenvalue weighted by atomic mass is 10.1. The van der Waals surface area contributed by atoms with Gasteiger partial charge in [0.2, 0.25) is 0 Å². The number of nitrogens with one attached hydrogen (secondary N) is 1. The average molecular weight is 349 g/mol. The number of amides is 1. The predicted octanol–water partition coefficient (Wildman–Crippen LogP) is 2.32. The second-order valence-corrected chi connectivity index (χ2v) is 5.62. The Bertz CT molecular complexity index is 710. The molecule has 0 unspecified atom stereocenters. The lowest BCUT2D eigenvalue weighted by Crippen LogP contribution is -2.29. The maximum absolute atomic E-state index is 12.3. The topological polar surface area (TPSA) is 90.1 Å². The third kappa shape index (κ3) is 4.29. The summed E-state index contributed by atoms with van der Waals surface area (Å²) in [4.78, 5) is 20.8. The van der Waals surface area contributed by atoms with Gasteiger partial charge in [-0.05, 0) is 38.0 Å². The zero-order chi connectivity index (χ0) is 16.2. The summed E-state index contributed by atoms with van der Waals surface area (Å²) in [5.41, 5.74) is 8.06. The molecule has 7 heteroatoms. The number of anilines is 1. The standard InChI is InChI=1S/C17H20N4O2.ClH/c1-11-19-8-7-15(20-11)12-3-2-4-13(9-12)21-17(22)16-6-5-14(10-18)23-16;/h2-4,7-9,14,16H,5-6,10,18H2,1H3,(H,21,22);1H/t14-,16+;/m1./s1. The zero-order valence-electron chi connectivity index (χ0n) is 13.4. The second kappa shape index (κ2) is 8.19. The van der Waals surface area contributed by atoms with Gasteiger partial charge in [0.15, 0.2) is 0 Å². The van der Waals surface area contributed by atoms with Gasteiger partial charge in [0, 0.05) is 24.0 Å². The first kappa shape index (κ1) is 18.3. The Morgan fingerprint density at radius 1 is 1.38 bits per heavy atom. The molecule has 6 nitrogen and oxygen atoms in total. The van der Waals surface area contributed by atoms with Crippen molar-refractivity contribution in [3.63, 3.8) is 0 Å². The van der Waals surface area contributed by atoms with Crippen LogP contribution in [0.15, 0.2) is 36.5 Å². The number of hydrogen-bond donors (Lipinski definition) is 2. The Hall–Kier alpha value is -2.02. The van der Waals surface area contributed by atoms with Crippen LogP contribution in [0, 0.1) is 6.92 Å². The van der Waals surface area contributed by atoms with Crippen LogP contribution in [0.5, 0.6) is 0 Å². The van der Waals surface area contributed by atoms with Crippen LogP contribution in [0.1, 0.15) is 18.7 Å². The van der Waals surface area contributed by atoms with E-state index in [4.69, 9.17) is 10.5 Å². The zero-order valence-corrected chi connectivity index (χ0v) is 14.3. The molecule has 24 heavy (non-hydrogen) atoms. The van der Waals surface area contributed by atoms with Crippen molar-refractivity contribution >= 4 is 24.0 Å². The number of nitrogens with two attached hydrogens (primary N) is 1. The maximum Gasteiger partial charge on any atom is 0.253 e. The number of halogens is 1. The van der Waals surface area contributed by atoms with Gasteiger partial charge in [-0.25, -0.2) is 9.97 Å². The average Bonchev–Trinajstić information content (AvgIpc) is 3.04. The van der Waals surface area contributed by atoms with Crippen LogP contribution in [-0.4, -0.2) is 34.6 Å². The Morgan fingerprint density at radius 2 is 2.21 bits per heavy atom. The molecule has 3 rings (SSSR count). The van der Waals surface area contributed by atoms with Crippen molar-refractivity contribution in [1.29, 1.82) is 0 Å². The Balaban J connectivity index is 0.00000208. The molecule has 1 aliphatic heterocycles. The van der Waals surface area contributed by atoms with Crippen LogP contribution in [0.2, 0.25) is 0 Å². The number of nitrogens with zero attached hydrogens (tertiary/aromatic N) is 2. The molecule has 1 fully saturated rings. The summed E-state index contributed by atoms with van der Waals surface area (Å²) in [5.74, 6) is 0.584. The van der Waals surface area contributed by atoms with Crippen molar-refractivity contribution in [2.24, 2.45) is 5.73 Å². The minimum absolute atomic E-state index is 0. The number of aryl methyl sites for hydroxylation is 1. The molecule has 0 aliphatic carbocycles. The molecular formula is C17H21ClN4O2. The summed E-state index contributed by atoms with van der Waals surface area (Å²) in [7, 11) is 0. The van der Waals surface area contributed by atoms with Crippen molar-refractivity contribution in [3.8, 4) is 11.3 Å². The van der Waals surface area contributed by atoms with Crippen molar-refractivity contribution < 1.29 is 9.53 Å². The summed E-state index contributed by atoms with van der Waals surface area (Å²) >= 11 is 0. The van der Waals surface area contributed by atoms with Gasteiger partial charge < -0.3 is 15.8 Å². The third-order valence-electron chi connectivity index (χ3n) is 3.86. The fourth-order valence-corrected chi connectivity index (χ4v) is 2.67. The quantitative estimate of drug-likeness (QED) is 0.884. The highest BCUT2D eigenvalue weighted by molar-refractivity contribution is 5.94. The summed E-state index contributed by atoms with van der Waals surface area (Å²) in [6.45, 7) is 2.30. The largest absolute Gasteiger partial charge is 0.364 e. The van der Waals surface area contributed by atoms with Crippen LogP contribution in [0.25, 0.3) is 11.3 Å². The lowest BCUT2D eigenvalue weighted by molar-refractivity contribution is -0.126. The van der Waals surface area contributed by atoms with E-state index in [-0.39, 0.29) is 24.4 Å². The van der Waals surface area contributed by atoms with E-state index >= 15 is 0 Å². The molecule has 1 aromatic carbocycles. The van der Waals surface area contributed by atoms with Crippen molar-refractivity contribution in [2.45, 2.75) is 32.0 Å². The molecule has 0 radical (unpaired) electrons. The molecule has 1 saturated heterocycles. The van der Waals surface area contributed by atoms with Crippen molar-refractivity contribution in [3.05, 3.63) is 42.4 Å². The minimum Gasteiger partial charge on any atom is -0.364 e. The maximum atomic E-state index is 12.3. The van der Waals surface area contributed by atoms with Crippen molar-refractivity contribution in [1.82, 2.24) is 9.97 Å². The Labute approximate surface area is 147 Å². The number of hydrogen-bond acceptors (Lipinski definition) is 5. The van der Waals surface area contributed by atoms with E-state index in [2.05, 4.69) is 15.3 Å². The molecule has 0 spiro atoms. The van der Waals surface area contributed by atoms with Crippen LogP contribution in [0.4, 0.5) is 5.69 Å². The van der Waals surface area contributed by atoms with E-state index in [1.807, 2.05) is 37.3 Å². The minimum atomic E-state index is -0.423. The normalized spacial score (nSPS) is 19.6. The number of aromatic nitrogens is 2. The number of carbonyl (C=O) groups is 1. The van der Waals surface area contributed by atoms with Crippen LogP contribution < -0.4 is 11.1 Å². The van der Waals surface area contributed by atoms with Crippen LogP contribution in [-0.2, 0) is 9.53 Å². The van der Waals surface area contributed by atoms with Gasteiger partial charge in [-0.2, -0.15) is 0 Å². The molecule has 0 saturated carbocycles. The van der Waals surface area contributed by atoms with Crippen LogP contribution in [0.3, 0.4) is 0 Å². The van der Waals surface area contributed by atoms with E-state index in [9.17, 15) is 4.79 Å². The molecule has 1 aromatic heterocycles. The van der Waals surface area contributed by atoms with Gasteiger partial charge in [0.25, 0.3) is 5.91 Å². The monoisotopic (exact) mass is 348 g/mol. The SMILES string of the molecule is Cc1nccc(-c2cccc(NC(=O)[C@@H]3CC[C@H](CN)O3)c2)n1.Cl. The summed E-state index contributed by atoms with van der Waals surface area (Å²) in [5, 5.41) is 2.91. The van der Waals surface area contributed by atoms with Gasteiger partial charge in [-0.3, -0.25) is 4.79 Å². The summed E-state index contributed by atoms with van der Waals surface area (Å²) in [6, 6.07) is 9.44. The number of rotatable bonds is 4. The van der Waals surface area contributed by atoms with Crippen molar-refractivity contribution in [2.75, 3.05) is 11.9 Å². The predicted molar refractivity (Wildman–Crippen MR) is 95.0 cm³/mol. The summed E-state index contributed by atoms with van der Waals surface area (Å²) < 4.78 is 5.62. The smallest absolute Gasteiger partial charge is 0.253 e. The van der Waals surface area contributed by atoms with E-state index in [1.165, 1.54) is 0 Å². The first-order valence-electron chi connectivity index (χ1n) is 7.72. The molecule has 2 aromatic rings. The van der Waals surface area contributed by atoms with Gasteiger partial charge in [0.1, 0.15) is 11.9 Å². The molecule has 2 heterocycles. The fraction of sp³-hybridized carbons (Fsp3) is 0.353. The molecule has 1 amide bonds. The summed E-state index contributed by atoms with van der Waals surface area (Å²) in [6.07, 6.45) is 2.82. The van der Waals surface area contributed by atoms with E-state index in [1.54, 1.807) is 6.20 Å². The first-order valence-corrected chi connectivity index (χ1v) is 7.72. The molecule has 1 aliphatic rings. The Morgan fingerprint density at radius 3 is 2.92 bits per heavy atom. The molecular weight excluding hydrogens is 328 g/mol. The fourth-order valence-electron chi connectivity index (χ4n) is 2.67. The van der Waals surface area contributed by atoms with Gasteiger partial charge >= 0.3 is 0 Å². The highest BCUT2D eigenvalue weighted by atomic mass is 35.5. The van der Waals surface area contributed by atoms with Gasteiger partial charge in [-0.15, -0.1) is 12.4 Å². The second-order valence-electron chi connectivity index (χ2n) is 5.62. The highest BCUT2D eigenvalue weighted by Gasteiger charge is 2.29. The van der Waals surface area contributed by atoms with Crippen LogP contribution >= 0.6 is 12.4 Å². The molecule has 0 bridgehead atoms. The van der Waals surface area contributed by atoms with E-state index in [0.717, 1.165) is 23.4 Å². The molecule has 2 atom stereocenters. The number of carbonyl (C=O) groups excluding carboxylic acids is 1. The number of ether oxygens (including phenoxy) is 1.